The molecule has 7 rings (SSSR count). The number of rotatable bonds is 3. The Morgan fingerprint density at radius 3 is 2.69 bits per heavy atom. The van der Waals surface area contributed by atoms with E-state index in [2.05, 4.69) is 20.6 Å². The minimum atomic E-state index is -1.42. The number of carbonyl (C=O) groups is 1. The first-order chi connectivity index (χ1) is 15.4. The third-order valence-corrected chi connectivity index (χ3v) is 8.88. The molecule has 5 atom stereocenters. The lowest BCUT2D eigenvalue weighted by atomic mass is 9.78. The number of amides is 1. The summed E-state index contributed by atoms with van der Waals surface area (Å²) in [5.74, 6) is 0.522. The van der Waals surface area contributed by atoms with E-state index in [1.165, 1.54) is 19.3 Å². The van der Waals surface area contributed by atoms with E-state index in [4.69, 9.17) is 11.6 Å². The molecule has 1 unspecified atom stereocenters. The van der Waals surface area contributed by atoms with Gasteiger partial charge in [-0.05, 0) is 50.0 Å². The molecule has 4 fully saturated rings. The van der Waals surface area contributed by atoms with Crippen LogP contribution in [0.15, 0.2) is 17.3 Å². The number of halogens is 2. The fourth-order valence-electron chi connectivity index (χ4n) is 6.41. The lowest BCUT2D eigenvalue weighted by Crippen LogP contribution is -2.35. The highest BCUT2D eigenvalue weighted by Crippen LogP contribution is 2.58. The maximum atomic E-state index is 15.0. The van der Waals surface area contributed by atoms with Crippen molar-refractivity contribution in [2.75, 3.05) is 12.8 Å². The second kappa shape index (κ2) is 7.30. The van der Waals surface area contributed by atoms with Crippen molar-refractivity contribution in [1.29, 1.82) is 0 Å². The molecule has 1 aliphatic heterocycles. The fourth-order valence-corrected chi connectivity index (χ4v) is 7.24. The summed E-state index contributed by atoms with van der Waals surface area (Å²) in [6.45, 7) is 2.35. The minimum Gasteiger partial charge on any atom is -0.610 e. The van der Waals surface area contributed by atoms with Gasteiger partial charge in [0.05, 0.1) is 16.9 Å². The van der Waals surface area contributed by atoms with Crippen LogP contribution in [0.1, 0.15) is 56.8 Å². The number of pyridine rings is 2. The van der Waals surface area contributed by atoms with Crippen molar-refractivity contribution in [2.24, 2.45) is 11.8 Å². The van der Waals surface area contributed by atoms with Gasteiger partial charge in [0.2, 0.25) is 5.91 Å². The van der Waals surface area contributed by atoms with Crippen molar-refractivity contribution in [2.45, 2.75) is 56.1 Å². The molecule has 0 aromatic carbocycles. The van der Waals surface area contributed by atoms with Gasteiger partial charge in [0.15, 0.2) is 11.0 Å². The second-order valence-corrected chi connectivity index (χ2v) is 11.0. The number of nitrogens with zero attached hydrogens (tertiary/aromatic N) is 4. The highest BCUT2D eigenvalue weighted by Gasteiger charge is 2.50. The van der Waals surface area contributed by atoms with Crippen LogP contribution in [-0.4, -0.2) is 42.7 Å². The summed E-state index contributed by atoms with van der Waals surface area (Å²) in [4.78, 5) is 22.9. The number of hydrogen-bond donors (Lipinski definition) is 0. The SMILES string of the molecule is CC(=O)N1CCC[C@@H]1c1cc2c([S+](C)[O-])nc3c(F)c(Cl)ncc3c2n1[C@@H]1[C@@H]2CC[C@H]1C2. The smallest absolute Gasteiger partial charge is 0.254 e. The summed E-state index contributed by atoms with van der Waals surface area (Å²) in [6, 6.07) is 2.31. The standard InChI is InChI=1S/C23H24ClFN4O2S/c1-11(30)28-7-3-4-16(28)17-9-14-21(29(17)20-12-5-6-13(20)8-12)15-10-26-22(24)18(25)19(15)27-23(14)32(2)31/h9-10,12-13,16,20H,3-8H2,1-2H3/t12-,13+,16-,20-,32?/m1/s1. The zero-order valence-corrected chi connectivity index (χ0v) is 19.5. The molecule has 3 aromatic heterocycles. The molecule has 1 amide bonds. The van der Waals surface area contributed by atoms with E-state index in [-0.39, 0.29) is 22.6 Å². The Balaban J connectivity index is 1.71. The Bertz CT molecular complexity index is 1260. The normalized spacial score (nSPS) is 28.0. The van der Waals surface area contributed by atoms with E-state index in [9.17, 15) is 9.35 Å². The number of carbonyl (C=O) groups excluding carboxylic acids is 1. The van der Waals surface area contributed by atoms with E-state index >= 15 is 4.39 Å². The van der Waals surface area contributed by atoms with Gasteiger partial charge >= 0.3 is 0 Å². The van der Waals surface area contributed by atoms with Gasteiger partial charge in [-0.15, -0.1) is 0 Å². The van der Waals surface area contributed by atoms with Crippen LogP contribution in [0, 0.1) is 17.7 Å². The van der Waals surface area contributed by atoms with Crippen LogP contribution in [0.25, 0.3) is 21.8 Å². The van der Waals surface area contributed by atoms with Gasteiger partial charge in [-0.2, -0.15) is 4.98 Å². The van der Waals surface area contributed by atoms with Crippen molar-refractivity contribution in [3.63, 3.8) is 0 Å². The molecule has 168 valence electrons. The molecule has 3 saturated carbocycles. The van der Waals surface area contributed by atoms with E-state index in [0.29, 0.717) is 28.3 Å². The molecule has 0 radical (unpaired) electrons. The quantitative estimate of drug-likeness (QED) is 0.405. The van der Waals surface area contributed by atoms with Crippen molar-refractivity contribution in [3.05, 3.63) is 28.9 Å². The molecule has 3 aliphatic carbocycles. The van der Waals surface area contributed by atoms with Gasteiger partial charge in [0.1, 0.15) is 11.8 Å². The maximum absolute atomic E-state index is 15.0. The summed E-state index contributed by atoms with van der Waals surface area (Å²) in [7, 11) is 0. The summed E-state index contributed by atoms with van der Waals surface area (Å²) in [5.41, 5.74) is 1.98. The number of hydrogen-bond acceptors (Lipinski definition) is 4. The number of aromatic nitrogens is 3. The fraction of sp³-hybridized carbons (Fsp3) is 0.522. The minimum absolute atomic E-state index is 0.0433. The van der Waals surface area contributed by atoms with Gasteiger partial charge in [0, 0.05) is 48.0 Å². The molecule has 0 N–H and O–H groups in total. The summed E-state index contributed by atoms with van der Waals surface area (Å²) < 4.78 is 30.1. The van der Waals surface area contributed by atoms with Crippen LogP contribution >= 0.6 is 11.6 Å². The van der Waals surface area contributed by atoms with Gasteiger partial charge in [-0.1, -0.05) is 11.6 Å². The Kier molecular flexibility index (Phi) is 4.72. The number of fused-ring (bicyclic) bond motifs is 4. The lowest BCUT2D eigenvalue weighted by molar-refractivity contribution is -0.129. The van der Waals surface area contributed by atoms with Crippen LogP contribution in [0.4, 0.5) is 4.39 Å². The zero-order chi connectivity index (χ0) is 22.3. The van der Waals surface area contributed by atoms with Gasteiger partial charge in [0.25, 0.3) is 5.03 Å². The van der Waals surface area contributed by atoms with Crippen LogP contribution < -0.4 is 0 Å². The molecular formula is C23H24ClFN4O2S. The molecule has 3 aromatic rings. The van der Waals surface area contributed by atoms with Gasteiger partial charge in [-0.3, -0.25) is 4.79 Å². The third-order valence-electron chi connectivity index (χ3n) is 7.77. The summed E-state index contributed by atoms with van der Waals surface area (Å²) in [5, 5.41) is 1.46. The molecule has 9 heteroatoms. The predicted octanol–water partition coefficient (Wildman–Crippen LogP) is 4.77. The highest BCUT2D eigenvalue weighted by molar-refractivity contribution is 7.90. The Labute approximate surface area is 193 Å². The first-order valence-electron chi connectivity index (χ1n) is 11.2. The molecule has 32 heavy (non-hydrogen) atoms. The predicted molar refractivity (Wildman–Crippen MR) is 122 cm³/mol. The molecule has 4 aliphatic rings. The molecule has 6 nitrogen and oxygen atoms in total. The average Bonchev–Trinajstić information content (AvgIpc) is 3.52. The van der Waals surface area contributed by atoms with Crippen LogP contribution in [0.3, 0.4) is 0 Å². The van der Waals surface area contributed by atoms with E-state index in [0.717, 1.165) is 36.0 Å². The molecule has 1 saturated heterocycles. The van der Waals surface area contributed by atoms with Crippen LogP contribution in [0.2, 0.25) is 5.15 Å². The number of likely N-dealkylation sites (tertiary alicyclic amines) is 1. The van der Waals surface area contributed by atoms with E-state index in [1.54, 1.807) is 19.4 Å². The van der Waals surface area contributed by atoms with E-state index in [1.807, 2.05) is 4.90 Å². The molecule has 2 bridgehead atoms. The zero-order valence-electron chi connectivity index (χ0n) is 18.0. The maximum Gasteiger partial charge on any atom is 0.254 e. The Morgan fingerprint density at radius 1 is 1.28 bits per heavy atom. The van der Waals surface area contributed by atoms with Gasteiger partial charge < -0.3 is 14.0 Å². The topological polar surface area (TPSA) is 74.1 Å². The Hall–Kier alpha value is -1.90. The van der Waals surface area contributed by atoms with Crippen molar-refractivity contribution >= 4 is 50.5 Å². The largest absolute Gasteiger partial charge is 0.610 e. The third kappa shape index (κ3) is 2.78. The van der Waals surface area contributed by atoms with Crippen LogP contribution in [0.5, 0.6) is 0 Å². The highest BCUT2D eigenvalue weighted by atomic mass is 35.5. The average molecular weight is 475 g/mol. The first kappa shape index (κ1) is 20.7. The van der Waals surface area contributed by atoms with Crippen molar-refractivity contribution in [3.8, 4) is 0 Å². The van der Waals surface area contributed by atoms with Crippen LogP contribution in [-0.2, 0) is 16.0 Å². The summed E-state index contributed by atoms with van der Waals surface area (Å²) in [6.07, 6.45) is 8.55. The summed E-state index contributed by atoms with van der Waals surface area (Å²) >= 11 is 4.56. The van der Waals surface area contributed by atoms with E-state index < -0.39 is 17.0 Å². The van der Waals surface area contributed by atoms with Gasteiger partial charge in [-0.25, -0.2) is 9.37 Å². The van der Waals surface area contributed by atoms with Crippen molar-refractivity contribution in [1.82, 2.24) is 19.4 Å². The molecule has 0 spiro atoms. The second-order valence-electron chi connectivity index (χ2n) is 9.39. The first-order valence-corrected chi connectivity index (χ1v) is 13.1. The lowest BCUT2D eigenvalue weighted by Gasteiger charge is -2.40. The van der Waals surface area contributed by atoms with Crippen molar-refractivity contribution < 1.29 is 13.7 Å². The molecule has 4 heterocycles. The molecular weight excluding hydrogens is 451 g/mol. The monoisotopic (exact) mass is 474 g/mol. The Morgan fingerprint density at radius 2 is 2.03 bits per heavy atom.